The van der Waals surface area contributed by atoms with Crippen LogP contribution >= 0.6 is 0 Å². The van der Waals surface area contributed by atoms with Crippen LogP contribution in [0, 0.1) is 0 Å². The monoisotopic (exact) mass is 293 g/mol. The number of nitrogens with zero attached hydrogens (tertiary/aromatic N) is 4. The van der Waals surface area contributed by atoms with Crippen molar-refractivity contribution < 1.29 is 4.79 Å². The molecular weight excluding hydrogens is 270 g/mol. The van der Waals surface area contributed by atoms with Gasteiger partial charge >= 0.3 is 0 Å². The summed E-state index contributed by atoms with van der Waals surface area (Å²) in [5, 5.41) is 3.10. The number of nitrogens with one attached hydrogen (secondary N) is 1. The summed E-state index contributed by atoms with van der Waals surface area (Å²) in [4.78, 5) is 25.9. The van der Waals surface area contributed by atoms with Crippen molar-refractivity contribution in [3.05, 3.63) is 0 Å². The Morgan fingerprint density at radius 3 is 2.52 bits per heavy atom. The molecule has 0 bridgehead atoms. The van der Waals surface area contributed by atoms with Gasteiger partial charge in [0, 0.05) is 25.0 Å². The molecule has 1 aliphatic heterocycles. The van der Waals surface area contributed by atoms with Crippen LogP contribution in [0.1, 0.15) is 39.5 Å². The summed E-state index contributed by atoms with van der Waals surface area (Å²) < 4.78 is 0. The van der Waals surface area contributed by atoms with E-state index in [1.807, 2.05) is 13.8 Å². The van der Waals surface area contributed by atoms with Gasteiger partial charge in [0.1, 0.15) is 0 Å². The van der Waals surface area contributed by atoms with Gasteiger partial charge in [-0.2, -0.15) is 15.0 Å². The van der Waals surface area contributed by atoms with Gasteiger partial charge in [0.05, 0.1) is 0 Å². The van der Waals surface area contributed by atoms with Crippen LogP contribution in [0.25, 0.3) is 0 Å². The fourth-order valence-corrected chi connectivity index (χ4v) is 2.45. The van der Waals surface area contributed by atoms with Crippen LogP contribution < -0.4 is 21.7 Å². The van der Waals surface area contributed by atoms with Crippen molar-refractivity contribution in [2.75, 3.05) is 29.0 Å². The molecule has 1 saturated heterocycles. The Kier molecular flexibility index (Phi) is 4.44. The smallest absolute Gasteiger partial charge is 0.231 e. The number of nitrogens with two attached hydrogens (primary N) is 2. The van der Waals surface area contributed by atoms with Crippen LogP contribution in [0.5, 0.6) is 0 Å². The largest absolute Gasteiger partial charge is 0.370 e. The van der Waals surface area contributed by atoms with Crippen LogP contribution in [-0.4, -0.2) is 39.5 Å². The Labute approximate surface area is 124 Å². The summed E-state index contributed by atoms with van der Waals surface area (Å²) in [6.45, 7) is 5.57. The summed E-state index contributed by atoms with van der Waals surface area (Å²) in [6, 6.07) is 0. The van der Waals surface area contributed by atoms with E-state index in [-0.39, 0.29) is 18.3 Å². The van der Waals surface area contributed by atoms with Gasteiger partial charge in [-0.1, -0.05) is 0 Å². The zero-order chi connectivity index (χ0) is 15.5. The van der Waals surface area contributed by atoms with Gasteiger partial charge in [0.25, 0.3) is 0 Å². The lowest BCUT2D eigenvalue weighted by atomic mass is 10.0. The molecule has 8 heteroatoms. The topological polar surface area (TPSA) is 123 Å². The third kappa shape index (κ3) is 4.44. The fourth-order valence-electron chi connectivity index (χ4n) is 2.45. The Balaban J connectivity index is 2.16. The summed E-state index contributed by atoms with van der Waals surface area (Å²) in [5.74, 6) is 0.739. The number of carbonyl (C=O) groups is 1. The number of piperidine rings is 1. The molecule has 0 unspecified atom stereocenters. The molecule has 5 N–H and O–H groups in total. The maximum Gasteiger partial charge on any atom is 0.231 e. The average molecular weight is 293 g/mol. The normalized spacial score (nSPS) is 15.8. The molecule has 1 aromatic rings. The van der Waals surface area contributed by atoms with E-state index in [2.05, 4.69) is 25.2 Å². The van der Waals surface area contributed by atoms with Crippen molar-refractivity contribution in [2.24, 2.45) is 5.73 Å². The highest BCUT2D eigenvalue weighted by molar-refractivity contribution is 5.75. The minimum Gasteiger partial charge on any atom is -0.370 e. The van der Waals surface area contributed by atoms with Crippen molar-refractivity contribution in [3.63, 3.8) is 0 Å². The van der Waals surface area contributed by atoms with Crippen molar-refractivity contribution in [1.29, 1.82) is 0 Å². The molecule has 1 aliphatic rings. The van der Waals surface area contributed by atoms with E-state index in [1.54, 1.807) is 0 Å². The standard InChI is InChI=1S/C13H23N7O/c1-13(2,8-9(14)21)19-11-16-10(15)17-12(18-11)20-6-4-3-5-7-20/h3-8H2,1-2H3,(H2,14,21)(H3,15,16,17,18,19). The SMILES string of the molecule is CC(C)(CC(N)=O)Nc1nc(N)nc(N2CCCCC2)n1. The molecule has 8 nitrogen and oxygen atoms in total. The number of nitrogen functional groups attached to an aromatic ring is 1. The number of hydrogen-bond donors (Lipinski definition) is 3. The molecule has 0 atom stereocenters. The van der Waals surface area contributed by atoms with Crippen molar-refractivity contribution in [1.82, 2.24) is 15.0 Å². The Bertz CT molecular complexity index is 511. The van der Waals surface area contributed by atoms with Gasteiger partial charge in [-0.25, -0.2) is 0 Å². The van der Waals surface area contributed by atoms with Crippen LogP contribution in [0.2, 0.25) is 0 Å². The molecule has 1 aromatic heterocycles. The minimum absolute atomic E-state index is 0.169. The molecule has 2 rings (SSSR count). The number of anilines is 3. The van der Waals surface area contributed by atoms with E-state index < -0.39 is 5.54 Å². The van der Waals surface area contributed by atoms with Crippen molar-refractivity contribution in [2.45, 2.75) is 45.1 Å². The van der Waals surface area contributed by atoms with E-state index >= 15 is 0 Å². The molecule has 0 saturated carbocycles. The molecule has 0 aliphatic carbocycles. The Morgan fingerprint density at radius 2 is 1.90 bits per heavy atom. The third-order valence-corrected chi connectivity index (χ3v) is 3.35. The van der Waals surface area contributed by atoms with Gasteiger partial charge in [0.2, 0.25) is 23.8 Å². The van der Waals surface area contributed by atoms with Gasteiger partial charge in [-0.15, -0.1) is 0 Å². The zero-order valence-corrected chi connectivity index (χ0v) is 12.6. The molecule has 0 radical (unpaired) electrons. The van der Waals surface area contributed by atoms with Crippen LogP contribution in [0.15, 0.2) is 0 Å². The molecule has 0 spiro atoms. The summed E-state index contributed by atoms with van der Waals surface area (Å²) in [5.41, 5.74) is 10.5. The number of hydrogen-bond acceptors (Lipinski definition) is 7. The maximum atomic E-state index is 11.1. The highest BCUT2D eigenvalue weighted by atomic mass is 16.1. The summed E-state index contributed by atoms with van der Waals surface area (Å²) in [6.07, 6.45) is 3.66. The lowest BCUT2D eigenvalue weighted by Crippen LogP contribution is -2.37. The quantitative estimate of drug-likeness (QED) is 0.722. The minimum atomic E-state index is -0.543. The van der Waals surface area contributed by atoms with Crippen LogP contribution in [0.3, 0.4) is 0 Å². The number of carbonyl (C=O) groups excluding carboxylic acids is 1. The first-order valence-corrected chi connectivity index (χ1v) is 7.19. The molecular formula is C13H23N7O. The average Bonchev–Trinajstić information content (AvgIpc) is 2.36. The van der Waals surface area contributed by atoms with Crippen molar-refractivity contribution >= 4 is 23.8 Å². The Morgan fingerprint density at radius 1 is 1.24 bits per heavy atom. The first kappa shape index (κ1) is 15.3. The lowest BCUT2D eigenvalue weighted by Gasteiger charge is -2.28. The Hall–Kier alpha value is -2.12. The van der Waals surface area contributed by atoms with E-state index in [9.17, 15) is 4.79 Å². The fraction of sp³-hybridized carbons (Fsp3) is 0.692. The molecule has 2 heterocycles. The highest BCUT2D eigenvalue weighted by Crippen LogP contribution is 2.20. The predicted octanol–water partition coefficient (Wildman–Crippen LogP) is 0.510. The summed E-state index contributed by atoms with van der Waals surface area (Å²) in [7, 11) is 0. The number of aromatic nitrogens is 3. The van der Waals surface area contributed by atoms with Gasteiger partial charge in [-0.3, -0.25) is 4.79 Å². The first-order chi connectivity index (χ1) is 9.85. The number of primary amides is 1. The molecule has 116 valence electrons. The van der Waals surface area contributed by atoms with Crippen LogP contribution in [-0.2, 0) is 4.79 Å². The van der Waals surface area contributed by atoms with Gasteiger partial charge in [-0.05, 0) is 33.1 Å². The van der Waals surface area contributed by atoms with Gasteiger partial charge in [0.15, 0.2) is 0 Å². The molecule has 1 fully saturated rings. The second-order valence-electron chi connectivity index (χ2n) is 6.02. The second kappa shape index (κ2) is 6.11. The highest BCUT2D eigenvalue weighted by Gasteiger charge is 2.23. The van der Waals surface area contributed by atoms with E-state index in [4.69, 9.17) is 11.5 Å². The molecule has 1 amide bonds. The van der Waals surface area contributed by atoms with Crippen LogP contribution in [0.4, 0.5) is 17.8 Å². The molecule has 0 aromatic carbocycles. The van der Waals surface area contributed by atoms with Gasteiger partial charge < -0.3 is 21.7 Å². The van der Waals surface area contributed by atoms with E-state index in [1.165, 1.54) is 6.42 Å². The maximum absolute atomic E-state index is 11.1. The zero-order valence-electron chi connectivity index (χ0n) is 12.6. The second-order valence-corrected chi connectivity index (χ2v) is 6.02. The number of rotatable bonds is 5. The summed E-state index contributed by atoms with van der Waals surface area (Å²) >= 11 is 0. The third-order valence-electron chi connectivity index (χ3n) is 3.35. The predicted molar refractivity (Wildman–Crippen MR) is 81.8 cm³/mol. The van der Waals surface area contributed by atoms with E-state index in [0.717, 1.165) is 25.9 Å². The molecule has 21 heavy (non-hydrogen) atoms. The van der Waals surface area contributed by atoms with E-state index in [0.29, 0.717) is 11.9 Å². The number of amides is 1. The van der Waals surface area contributed by atoms with Crippen molar-refractivity contribution in [3.8, 4) is 0 Å². The lowest BCUT2D eigenvalue weighted by molar-refractivity contribution is -0.118. The first-order valence-electron chi connectivity index (χ1n) is 7.19.